The molecule has 38 heavy (non-hydrogen) atoms. The van der Waals surface area contributed by atoms with Gasteiger partial charge in [-0.25, -0.2) is 9.67 Å². The summed E-state index contributed by atoms with van der Waals surface area (Å²) in [5.74, 6) is -0.280. The number of thiazole rings is 1. The van der Waals surface area contributed by atoms with E-state index in [4.69, 9.17) is 16.3 Å². The van der Waals surface area contributed by atoms with Crippen molar-refractivity contribution >= 4 is 55.5 Å². The van der Waals surface area contributed by atoms with Gasteiger partial charge in [0.15, 0.2) is 0 Å². The standard InChI is InChI=1S/C27H24ClN5O4S/c1-32(19-6-7-20-25(10-19)38-14-29-20)27(36)23-11-22(26(35)24(13-34)37-23)33-12-21(30-31-33)17-3-2-16-9-18(28)5-4-15(16)8-17/h2-10,12,14,22-24,26,34-35H,11,13H2,1H3. The van der Waals surface area contributed by atoms with E-state index in [0.29, 0.717) is 16.4 Å². The molecule has 1 fully saturated rings. The lowest BCUT2D eigenvalue weighted by atomic mass is 9.94. The number of hydrogen-bond donors (Lipinski definition) is 2. The van der Waals surface area contributed by atoms with Gasteiger partial charge in [-0.3, -0.25) is 4.79 Å². The van der Waals surface area contributed by atoms with Crippen LogP contribution >= 0.6 is 22.9 Å². The van der Waals surface area contributed by atoms with Crippen LogP contribution in [-0.2, 0) is 9.53 Å². The number of aliphatic hydroxyl groups excluding tert-OH is 2. The Morgan fingerprint density at radius 3 is 2.84 bits per heavy atom. The Balaban J connectivity index is 1.26. The monoisotopic (exact) mass is 549 g/mol. The molecule has 11 heteroatoms. The van der Waals surface area contributed by atoms with E-state index < -0.39 is 31.0 Å². The third kappa shape index (κ3) is 4.55. The molecule has 0 radical (unpaired) electrons. The Morgan fingerprint density at radius 1 is 1.18 bits per heavy atom. The molecular formula is C27H24ClN5O4S. The molecule has 2 aromatic heterocycles. The van der Waals surface area contributed by atoms with Gasteiger partial charge in [-0.05, 0) is 47.2 Å². The molecule has 1 aliphatic heterocycles. The zero-order valence-corrected chi connectivity index (χ0v) is 21.9. The first-order valence-electron chi connectivity index (χ1n) is 12.1. The molecule has 2 N–H and O–H groups in total. The largest absolute Gasteiger partial charge is 0.394 e. The molecule has 0 spiro atoms. The molecule has 0 aliphatic carbocycles. The van der Waals surface area contributed by atoms with Gasteiger partial charge in [0.1, 0.15) is 24.0 Å². The van der Waals surface area contributed by atoms with Crippen molar-refractivity contribution in [3.05, 3.63) is 71.3 Å². The average Bonchev–Trinajstić information content (AvgIpc) is 3.62. The van der Waals surface area contributed by atoms with Gasteiger partial charge in [0.05, 0.1) is 34.6 Å². The van der Waals surface area contributed by atoms with Gasteiger partial charge in [0, 0.05) is 29.7 Å². The van der Waals surface area contributed by atoms with Gasteiger partial charge in [0.2, 0.25) is 0 Å². The SMILES string of the molecule is CN(C(=O)C1CC(n2cc(-c3ccc4cc(Cl)ccc4c3)nn2)C(O)C(CO)O1)c1ccc2ncsc2c1. The van der Waals surface area contributed by atoms with Crippen molar-refractivity contribution in [2.24, 2.45) is 0 Å². The maximum atomic E-state index is 13.5. The highest BCUT2D eigenvalue weighted by Crippen LogP contribution is 2.33. The number of aliphatic hydroxyl groups is 2. The molecule has 1 saturated heterocycles. The molecule has 0 saturated carbocycles. The number of amides is 1. The summed E-state index contributed by atoms with van der Waals surface area (Å²) in [6, 6.07) is 16.6. The van der Waals surface area contributed by atoms with Crippen LogP contribution in [0.5, 0.6) is 0 Å². The van der Waals surface area contributed by atoms with Gasteiger partial charge >= 0.3 is 0 Å². The molecule has 4 unspecified atom stereocenters. The Morgan fingerprint density at radius 2 is 2.00 bits per heavy atom. The second-order valence-corrected chi connectivity index (χ2v) is 10.7. The Labute approximate surface area is 226 Å². The molecular weight excluding hydrogens is 526 g/mol. The summed E-state index contributed by atoms with van der Waals surface area (Å²) in [6.45, 7) is -0.438. The van der Waals surface area contributed by atoms with Gasteiger partial charge in [-0.2, -0.15) is 0 Å². The van der Waals surface area contributed by atoms with Crippen LogP contribution in [0.4, 0.5) is 5.69 Å². The number of nitrogens with zero attached hydrogens (tertiary/aromatic N) is 5. The summed E-state index contributed by atoms with van der Waals surface area (Å²) in [7, 11) is 1.68. The third-order valence-electron chi connectivity index (χ3n) is 7.01. The number of aromatic nitrogens is 4. The van der Waals surface area contributed by atoms with Crippen molar-refractivity contribution in [2.75, 3.05) is 18.6 Å². The number of likely N-dealkylation sites (N-methyl/N-ethyl adjacent to an activating group) is 1. The van der Waals surface area contributed by atoms with Crippen LogP contribution in [0, 0.1) is 0 Å². The second kappa shape index (κ2) is 10.0. The molecule has 4 atom stereocenters. The summed E-state index contributed by atoms with van der Waals surface area (Å²) in [5.41, 5.74) is 4.82. The predicted molar refractivity (Wildman–Crippen MR) is 146 cm³/mol. The van der Waals surface area contributed by atoms with E-state index in [0.717, 1.165) is 26.6 Å². The molecule has 3 aromatic carbocycles. The fourth-order valence-electron chi connectivity index (χ4n) is 4.87. The minimum atomic E-state index is -1.07. The fraction of sp³-hybridized carbons (Fsp3) is 0.259. The highest BCUT2D eigenvalue weighted by atomic mass is 35.5. The fourth-order valence-corrected chi connectivity index (χ4v) is 5.76. The maximum absolute atomic E-state index is 13.5. The topological polar surface area (TPSA) is 114 Å². The van der Waals surface area contributed by atoms with Crippen LogP contribution in [0.1, 0.15) is 12.5 Å². The minimum Gasteiger partial charge on any atom is -0.394 e. The van der Waals surface area contributed by atoms with Crippen LogP contribution in [0.3, 0.4) is 0 Å². The van der Waals surface area contributed by atoms with Crippen molar-refractivity contribution in [3.63, 3.8) is 0 Å². The van der Waals surface area contributed by atoms with Crippen molar-refractivity contribution in [1.82, 2.24) is 20.0 Å². The summed E-state index contributed by atoms with van der Waals surface area (Å²) in [6.07, 6.45) is -0.994. The van der Waals surface area contributed by atoms with Gasteiger partial charge < -0.3 is 19.8 Å². The number of fused-ring (bicyclic) bond motifs is 2. The maximum Gasteiger partial charge on any atom is 0.255 e. The van der Waals surface area contributed by atoms with Crippen LogP contribution in [0.15, 0.2) is 66.3 Å². The first kappa shape index (κ1) is 24.9. The Kier molecular flexibility index (Phi) is 6.58. The van der Waals surface area contributed by atoms with Crippen molar-refractivity contribution in [1.29, 1.82) is 0 Å². The molecule has 3 heterocycles. The van der Waals surface area contributed by atoms with E-state index in [9.17, 15) is 15.0 Å². The second-order valence-electron chi connectivity index (χ2n) is 9.33. The first-order chi connectivity index (χ1) is 18.4. The Hall–Kier alpha value is -3.41. The molecule has 6 rings (SSSR count). The van der Waals surface area contributed by atoms with E-state index in [1.165, 1.54) is 16.2 Å². The van der Waals surface area contributed by atoms with E-state index in [2.05, 4.69) is 15.3 Å². The molecule has 5 aromatic rings. The van der Waals surface area contributed by atoms with Crippen LogP contribution < -0.4 is 4.90 Å². The highest BCUT2D eigenvalue weighted by molar-refractivity contribution is 7.16. The zero-order chi connectivity index (χ0) is 26.4. The third-order valence-corrected chi connectivity index (χ3v) is 8.03. The van der Waals surface area contributed by atoms with Crippen molar-refractivity contribution in [2.45, 2.75) is 30.8 Å². The lowest BCUT2D eigenvalue weighted by Gasteiger charge is -2.39. The summed E-state index contributed by atoms with van der Waals surface area (Å²) in [5, 5.41) is 32.2. The number of ether oxygens (including phenoxy) is 1. The Bertz CT molecular complexity index is 1640. The first-order valence-corrected chi connectivity index (χ1v) is 13.3. The van der Waals surface area contributed by atoms with Crippen molar-refractivity contribution < 1.29 is 19.7 Å². The van der Waals surface area contributed by atoms with Gasteiger partial charge in [-0.1, -0.05) is 35.0 Å². The lowest BCUT2D eigenvalue weighted by Crippen LogP contribution is -2.52. The normalized spacial score (nSPS) is 21.7. The highest BCUT2D eigenvalue weighted by Gasteiger charge is 2.42. The number of halogens is 1. The van der Waals surface area contributed by atoms with E-state index >= 15 is 0 Å². The smallest absolute Gasteiger partial charge is 0.255 e. The number of hydrogen-bond acceptors (Lipinski definition) is 8. The minimum absolute atomic E-state index is 0.169. The summed E-state index contributed by atoms with van der Waals surface area (Å²) < 4.78 is 8.38. The van der Waals surface area contributed by atoms with Gasteiger partial charge in [-0.15, -0.1) is 16.4 Å². The molecule has 1 amide bonds. The molecule has 0 bridgehead atoms. The quantitative estimate of drug-likeness (QED) is 0.339. The molecule has 1 aliphatic rings. The lowest BCUT2D eigenvalue weighted by molar-refractivity contribution is -0.169. The predicted octanol–water partition coefficient (Wildman–Crippen LogP) is 4.08. The van der Waals surface area contributed by atoms with Crippen LogP contribution in [-0.4, -0.2) is 68.1 Å². The zero-order valence-electron chi connectivity index (χ0n) is 20.3. The molecule has 9 nitrogen and oxygen atoms in total. The van der Waals surface area contributed by atoms with Gasteiger partial charge in [0.25, 0.3) is 5.91 Å². The summed E-state index contributed by atoms with van der Waals surface area (Å²) >= 11 is 7.60. The number of benzene rings is 3. The van der Waals surface area contributed by atoms with Crippen LogP contribution in [0.25, 0.3) is 32.2 Å². The molecule has 194 valence electrons. The number of carbonyl (C=O) groups excluding carboxylic acids is 1. The van der Waals surface area contributed by atoms with E-state index in [1.807, 2.05) is 54.6 Å². The average molecular weight is 550 g/mol. The number of anilines is 1. The van der Waals surface area contributed by atoms with Crippen molar-refractivity contribution in [3.8, 4) is 11.3 Å². The number of carbonyl (C=O) groups is 1. The summed E-state index contributed by atoms with van der Waals surface area (Å²) in [4.78, 5) is 19.3. The van der Waals surface area contributed by atoms with Crippen LogP contribution in [0.2, 0.25) is 5.02 Å². The number of rotatable bonds is 5. The van der Waals surface area contributed by atoms with E-state index in [-0.39, 0.29) is 12.3 Å². The van der Waals surface area contributed by atoms with E-state index in [1.54, 1.807) is 23.4 Å².